The molecule has 0 saturated carbocycles. The van der Waals surface area contributed by atoms with Crippen LogP contribution in [-0.4, -0.2) is 21.1 Å². The van der Waals surface area contributed by atoms with Crippen LogP contribution in [0.25, 0.3) is 0 Å². The molecule has 3 aromatic rings. The molecule has 0 bridgehead atoms. The van der Waals surface area contributed by atoms with Gasteiger partial charge in [-0.15, -0.1) is 5.10 Å². The molecule has 0 spiro atoms. The second kappa shape index (κ2) is 8.02. The van der Waals surface area contributed by atoms with E-state index >= 15 is 0 Å². The Balaban J connectivity index is 1.63. The zero-order valence-corrected chi connectivity index (χ0v) is 14.0. The number of halogens is 1. The number of nitrogens with one attached hydrogen (secondary N) is 3. The van der Waals surface area contributed by atoms with Gasteiger partial charge in [-0.05, 0) is 30.3 Å². The first-order valence-corrected chi connectivity index (χ1v) is 7.92. The third kappa shape index (κ3) is 4.73. The molecule has 7 nitrogen and oxygen atoms in total. The fourth-order valence-corrected chi connectivity index (χ4v) is 2.24. The van der Waals surface area contributed by atoms with Gasteiger partial charge in [-0.2, -0.15) is 10.1 Å². The number of nitrogens with zero attached hydrogens (tertiary/aromatic N) is 3. The minimum Gasteiger partial charge on any atom is -0.349 e. The molecule has 0 atom stereocenters. The standard InChI is InChI=1S/C18H17FN6O/c1-12(26)22-14-6-8-15(9-7-14)23-17-11-21-25-18(24-17)20-10-13-4-2-3-5-16(13)19/h2-9,11H,10H2,1H3,(H,22,26)(H2,20,23,24,25). The quantitative estimate of drug-likeness (QED) is 0.630. The van der Waals surface area contributed by atoms with Gasteiger partial charge in [0.2, 0.25) is 11.9 Å². The molecule has 132 valence electrons. The predicted molar refractivity (Wildman–Crippen MR) is 97.6 cm³/mol. The van der Waals surface area contributed by atoms with Gasteiger partial charge in [0.15, 0.2) is 5.82 Å². The van der Waals surface area contributed by atoms with Crippen LogP contribution in [0.15, 0.2) is 54.7 Å². The summed E-state index contributed by atoms with van der Waals surface area (Å²) >= 11 is 0. The number of rotatable bonds is 6. The number of amides is 1. The van der Waals surface area contributed by atoms with E-state index in [2.05, 4.69) is 31.1 Å². The molecule has 26 heavy (non-hydrogen) atoms. The Morgan fingerprint density at radius 2 is 1.81 bits per heavy atom. The molecular formula is C18H17FN6O. The van der Waals surface area contributed by atoms with Crippen molar-refractivity contribution < 1.29 is 9.18 Å². The van der Waals surface area contributed by atoms with Crippen molar-refractivity contribution in [3.05, 3.63) is 66.1 Å². The minimum absolute atomic E-state index is 0.128. The van der Waals surface area contributed by atoms with E-state index < -0.39 is 0 Å². The number of anilines is 4. The predicted octanol–water partition coefficient (Wildman–Crippen LogP) is 3.32. The summed E-state index contributed by atoms with van der Waals surface area (Å²) < 4.78 is 13.6. The molecule has 0 unspecified atom stereocenters. The van der Waals surface area contributed by atoms with Gasteiger partial charge in [-0.1, -0.05) is 18.2 Å². The normalized spacial score (nSPS) is 10.2. The molecule has 0 aliphatic heterocycles. The van der Waals surface area contributed by atoms with Crippen LogP contribution in [0.3, 0.4) is 0 Å². The molecule has 1 heterocycles. The fourth-order valence-electron chi connectivity index (χ4n) is 2.24. The Kier molecular flexibility index (Phi) is 5.33. The van der Waals surface area contributed by atoms with E-state index in [9.17, 15) is 9.18 Å². The first-order chi connectivity index (χ1) is 12.6. The summed E-state index contributed by atoms with van der Waals surface area (Å²) in [5, 5.41) is 16.5. The highest BCUT2D eigenvalue weighted by Crippen LogP contribution is 2.18. The zero-order chi connectivity index (χ0) is 18.4. The van der Waals surface area contributed by atoms with Crippen LogP contribution in [0.4, 0.5) is 27.5 Å². The molecule has 3 N–H and O–H groups in total. The lowest BCUT2D eigenvalue weighted by Gasteiger charge is -2.09. The zero-order valence-electron chi connectivity index (χ0n) is 14.0. The molecule has 0 aliphatic rings. The lowest BCUT2D eigenvalue weighted by molar-refractivity contribution is -0.114. The second-order valence-electron chi connectivity index (χ2n) is 5.49. The highest BCUT2D eigenvalue weighted by atomic mass is 19.1. The van der Waals surface area contributed by atoms with Gasteiger partial charge in [-0.25, -0.2) is 4.39 Å². The third-order valence-electron chi connectivity index (χ3n) is 3.43. The summed E-state index contributed by atoms with van der Waals surface area (Å²) in [5.41, 5.74) is 2.00. The smallest absolute Gasteiger partial charge is 0.244 e. The number of carbonyl (C=O) groups is 1. The van der Waals surface area contributed by atoms with E-state index in [4.69, 9.17) is 0 Å². The molecule has 3 rings (SSSR count). The number of benzene rings is 2. The average Bonchev–Trinajstić information content (AvgIpc) is 2.63. The van der Waals surface area contributed by atoms with E-state index in [0.29, 0.717) is 17.1 Å². The largest absolute Gasteiger partial charge is 0.349 e. The number of aromatic nitrogens is 3. The first-order valence-electron chi connectivity index (χ1n) is 7.92. The van der Waals surface area contributed by atoms with E-state index in [1.165, 1.54) is 19.2 Å². The van der Waals surface area contributed by atoms with Gasteiger partial charge >= 0.3 is 0 Å². The molecular weight excluding hydrogens is 335 g/mol. The van der Waals surface area contributed by atoms with Crippen molar-refractivity contribution in [2.75, 3.05) is 16.0 Å². The van der Waals surface area contributed by atoms with Crippen LogP contribution < -0.4 is 16.0 Å². The molecule has 8 heteroatoms. The monoisotopic (exact) mass is 352 g/mol. The lowest BCUT2D eigenvalue weighted by atomic mass is 10.2. The van der Waals surface area contributed by atoms with Crippen molar-refractivity contribution in [2.24, 2.45) is 0 Å². The highest BCUT2D eigenvalue weighted by Gasteiger charge is 2.04. The van der Waals surface area contributed by atoms with Crippen LogP contribution >= 0.6 is 0 Å². The van der Waals surface area contributed by atoms with Gasteiger partial charge in [0.1, 0.15) is 5.82 Å². The maximum Gasteiger partial charge on any atom is 0.244 e. The first kappa shape index (κ1) is 17.3. The van der Waals surface area contributed by atoms with Crippen molar-refractivity contribution >= 4 is 29.0 Å². The summed E-state index contributed by atoms with van der Waals surface area (Å²) in [6.45, 7) is 1.71. The molecule has 0 fully saturated rings. The number of carbonyl (C=O) groups excluding carboxylic acids is 1. The van der Waals surface area contributed by atoms with Gasteiger partial charge < -0.3 is 16.0 Å². The topological polar surface area (TPSA) is 91.8 Å². The summed E-state index contributed by atoms with van der Waals surface area (Å²) in [4.78, 5) is 15.3. The van der Waals surface area contributed by atoms with Crippen molar-refractivity contribution in [3.63, 3.8) is 0 Å². The van der Waals surface area contributed by atoms with Gasteiger partial charge in [0.25, 0.3) is 0 Å². The Morgan fingerprint density at radius 1 is 1.08 bits per heavy atom. The Hall–Kier alpha value is -3.55. The Labute approximate surface area is 149 Å². The van der Waals surface area contributed by atoms with Crippen molar-refractivity contribution in [1.29, 1.82) is 0 Å². The third-order valence-corrected chi connectivity index (χ3v) is 3.43. The Morgan fingerprint density at radius 3 is 2.54 bits per heavy atom. The summed E-state index contributed by atoms with van der Waals surface area (Å²) in [6, 6.07) is 13.7. The van der Waals surface area contributed by atoms with Crippen LogP contribution in [0.5, 0.6) is 0 Å². The SMILES string of the molecule is CC(=O)Nc1ccc(Nc2cnnc(NCc3ccccc3F)n2)cc1. The summed E-state index contributed by atoms with van der Waals surface area (Å²) in [7, 11) is 0. The summed E-state index contributed by atoms with van der Waals surface area (Å²) in [6.07, 6.45) is 1.48. The molecule has 1 aromatic heterocycles. The van der Waals surface area contributed by atoms with Crippen molar-refractivity contribution in [2.45, 2.75) is 13.5 Å². The molecule has 1 amide bonds. The number of hydrogen-bond donors (Lipinski definition) is 3. The van der Waals surface area contributed by atoms with Crippen LogP contribution in [0, 0.1) is 5.82 Å². The molecule has 0 saturated heterocycles. The molecule has 0 aliphatic carbocycles. The van der Waals surface area contributed by atoms with Gasteiger partial charge in [0.05, 0.1) is 6.20 Å². The van der Waals surface area contributed by atoms with E-state index in [1.807, 2.05) is 0 Å². The second-order valence-corrected chi connectivity index (χ2v) is 5.49. The molecule has 0 radical (unpaired) electrons. The van der Waals surface area contributed by atoms with Crippen LogP contribution in [0.2, 0.25) is 0 Å². The van der Waals surface area contributed by atoms with E-state index in [0.717, 1.165) is 5.69 Å². The average molecular weight is 352 g/mol. The number of hydrogen-bond acceptors (Lipinski definition) is 6. The maximum absolute atomic E-state index is 13.6. The fraction of sp³-hybridized carbons (Fsp3) is 0.111. The summed E-state index contributed by atoms with van der Waals surface area (Å²) in [5.74, 6) is 0.356. The maximum atomic E-state index is 13.6. The minimum atomic E-state index is -0.290. The van der Waals surface area contributed by atoms with Gasteiger partial charge in [0, 0.05) is 30.4 Å². The van der Waals surface area contributed by atoms with E-state index in [1.54, 1.807) is 42.5 Å². The van der Waals surface area contributed by atoms with Crippen LogP contribution in [0.1, 0.15) is 12.5 Å². The van der Waals surface area contributed by atoms with E-state index in [-0.39, 0.29) is 24.2 Å². The van der Waals surface area contributed by atoms with Crippen molar-refractivity contribution in [1.82, 2.24) is 15.2 Å². The lowest BCUT2D eigenvalue weighted by Crippen LogP contribution is -2.07. The van der Waals surface area contributed by atoms with Crippen molar-refractivity contribution in [3.8, 4) is 0 Å². The molecule has 2 aromatic carbocycles. The van der Waals surface area contributed by atoms with Gasteiger partial charge in [-0.3, -0.25) is 4.79 Å². The Bertz CT molecular complexity index is 900. The van der Waals surface area contributed by atoms with Crippen LogP contribution in [-0.2, 0) is 11.3 Å². The highest BCUT2D eigenvalue weighted by molar-refractivity contribution is 5.88.